The van der Waals surface area contributed by atoms with Crippen LogP contribution in [0.15, 0.2) is 53.8 Å². The molecule has 0 unspecified atom stereocenters. The van der Waals surface area contributed by atoms with Gasteiger partial charge in [-0.3, -0.25) is 10.1 Å². The van der Waals surface area contributed by atoms with Crippen LogP contribution in [0.4, 0.5) is 16.0 Å². The lowest BCUT2D eigenvalue weighted by atomic mass is 9.86. The number of H-pyrrole nitrogens is 1. The molecule has 38 heavy (non-hydrogen) atoms. The zero-order valence-corrected chi connectivity index (χ0v) is 22.5. The fourth-order valence-electron chi connectivity index (χ4n) is 4.74. The van der Waals surface area contributed by atoms with E-state index in [1.807, 2.05) is 26.0 Å². The number of aryl methyl sites for hydroxylation is 2. The van der Waals surface area contributed by atoms with Crippen LogP contribution in [0.2, 0.25) is 5.02 Å². The molecule has 0 aliphatic carbocycles. The van der Waals surface area contributed by atoms with Crippen molar-refractivity contribution in [2.24, 2.45) is 0 Å². The van der Waals surface area contributed by atoms with E-state index < -0.39 is 10.0 Å². The van der Waals surface area contributed by atoms with E-state index >= 15 is 4.39 Å². The number of sulfonamides is 1. The summed E-state index contributed by atoms with van der Waals surface area (Å²) < 4.78 is 42.6. The number of anilines is 2. The molecular weight excluding hydrogens is 529 g/mol. The first-order valence-corrected chi connectivity index (χ1v) is 14.0. The van der Waals surface area contributed by atoms with Crippen LogP contribution in [-0.2, 0) is 16.4 Å². The van der Waals surface area contributed by atoms with E-state index in [4.69, 9.17) is 11.6 Å². The minimum atomic E-state index is -3.59. The Morgan fingerprint density at radius 3 is 2.66 bits per heavy atom. The van der Waals surface area contributed by atoms with Crippen molar-refractivity contribution in [3.63, 3.8) is 0 Å². The molecule has 1 aliphatic rings. The van der Waals surface area contributed by atoms with Gasteiger partial charge in [0.2, 0.25) is 10.0 Å². The van der Waals surface area contributed by atoms with Crippen molar-refractivity contribution >= 4 is 33.3 Å². The van der Waals surface area contributed by atoms with Crippen LogP contribution < -0.4 is 5.32 Å². The average molecular weight is 556 g/mol. The quantitative estimate of drug-likeness (QED) is 0.333. The number of nitrogens with zero attached hydrogens (tertiary/aromatic N) is 5. The second-order valence-electron chi connectivity index (χ2n) is 9.39. The van der Waals surface area contributed by atoms with Crippen LogP contribution in [0.3, 0.4) is 0 Å². The van der Waals surface area contributed by atoms with Crippen molar-refractivity contribution in [1.29, 1.82) is 0 Å². The number of aromatic amines is 1. The van der Waals surface area contributed by atoms with Crippen molar-refractivity contribution in [3.05, 3.63) is 88.0 Å². The van der Waals surface area contributed by atoms with Gasteiger partial charge in [-0.25, -0.2) is 22.8 Å². The van der Waals surface area contributed by atoms with Crippen molar-refractivity contribution in [3.8, 4) is 0 Å². The summed E-state index contributed by atoms with van der Waals surface area (Å²) in [5.74, 6) is 1.11. The molecule has 1 fully saturated rings. The van der Waals surface area contributed by atoms with Gasteiger partial charge >= 0.3 is 0 Å². The van der Waals surface area contributed by atoms with Gasteiger partial charge in [-0.05, 0) is 67.5 Å². The summed E-state index contributed by atoms with van der Waals surface area (Å²) in [6.07, 6.45) is 5.81. The second kappa shape index (κ2) is 10.8. The number of benzene rings is 1. The van der Waals surface area contributed by atoms with Crippen LogP contribution in [0, 0.1) is 19.7 Å². The molecule has 1 saturated heterocycles. The molecule has 0 amide bonds. The zero-order chi connectivity index (χ0) is 26.9. The second-order valence-corrected chi connectivity index (χ2v) is 11.7. The number of rotatable bonds is 7. The maximum atomic E-state index is 15.3. The molecule has 3 aromatic heterocycles. The molecule has 1 aromatic carbocycles. The molecule has 1 aliphatic heterocycles. The third-order valence-corrected chi connectivity index (χ3v) is 8.85. The molecule has 198 valence electrons. The normalized spacial score (nSPS) is 15.1. The fraction of sp³-hybridized carbons (Fsp3) is 0.308. The molecule has 4 aromatic rings. The molecule has 0 atom stereocenters. The fourth-order valence-corrected chi connectivity index (χ4v) is 6.31. The maximum absolute atomic E-state index is 15.3. The number of halogens is 2. The Kier molecular flexibility index (Phi) is 7.42. The Morgan fingerprint density at radius 2 is 1.97 bits per heavy atom. The highest BCUT2D eigenvalue weighted by atomic mass is 35.5. The molecule has 0 radical (unpaired) electrons. The van der Waals surface area contributed by atoms with Crippen LogP contribution in [0.1, 0.15) is 47.0 Å². The predicted octanol–water partition coefficient (Wildman–Crippen LogP) is 4.91. The van der Waals surface area contributed by atoms with E-state index in [1.54, 1.807) is 24.4 Å². The molecular formula is C26H27ClFN7O2S. The first-order chi connectivity index (χ1) is 18.2. The summed E-state index contributed by atoms with van der Waals surface area (Å²) in [6, 6.07) is 8.38. The van der Waals surface area contributed by atoms with Gasteiger partial charge in [0.25, 0.3) is 0 Å². The van der Waals surface area contributed by atoms with Crippen LogP contribution in [0.25, 0.3) is 0 Å². The number of hydrogen-bond donors (Lipinski definition) is 2. The topological polar surface area (TPSA) is 117 Å². The van der Waals surface area contributed by atoms with E-state index in [0.29, 0.717) is 54.0 Å². The highest BCUT2D eigenvalue weighted by Crippen LogP contribution is 2.34. The van der Waals surface area contributed by atoms with Crippen molar-refractivity contribution < 1.29 is 12.8 Å². The van der Waals surface area contributed by atoms with Gasteiger partial charge in [0, 0.05) is 43.7 Å². The van der Waals surface area contributed by atoms with Gasteiger partial charge in [0.1, 0.15) is 21.6 Å². The monoisotopic (exact) mass is 555 g/mol. The molecule has 5 rings (SSSR count). The van der Waals surface area contributed by atoms with E-state index in [1.165, 1.54) is 16.7 Å². The summed E-state index contributed by atoms with van der Waals surface area (Å²) in [6.45, 7) is 4.57. The number of hydrogen-bond acceptors (Lipinski definition) is 7. The number of nitrogens with one attached hydrogen (secondary N) is 2. The van der Waals surface area contributed by atoms with Gasteiger partial charge in [0.15, 0.2) is 11.6 Å². The van der Waals surface area contributed by atoms with Crippen LogP contribution in [0.5, 0.6) is 0 Å². The summed E-state index contributed by atoms with van der Waals surface area (Å²) in [4.78, 5) is 12.9. The van der Waals surface area contributed by atoms with E-state index in [-0.39, 0.29) is 23.1 Å². The van der Waals surface area contributed by atoms with Gasteiger partial charge < -0.3 is 5.32 Å². The minimum absolute atomic E-state index is 0.0683. The zero-order valence-electron chi connectivity index (χ0n) is 20.9. The average Bonchev–Trinajstić information content (AvgIpc) is 3.33. The molecule has 9 nitrogen and oxygen atoms in total. The third-order valence-electron chi connectivity index (χ3n) is 6.70. The Morgan fingerprint density at radius 1 is 1.18 bits per heavy atom. The van der Waals surface area contributed by atoms with Crippen molar-refractivity contribution in [2.75, 3.05) is 18.4 Å². The maximum Gasteiger partial charge on any atom is 0.244 e. The van der Waals surface area contributed by atoms with Gasteiger partial charge in [0.05, 0.1) is 6.20 Å². The molecule has 12 heteroatoms. The number of pyridine rings is 1. The summed E-state index contributed by atoms with van der Waals surface area (Å²) in [5, 5.41) is 10.4. The number of aromatic nitrogens is 5. The molecule has 0 saturated carbocycles. The molecule has 4 heterocycles. The van der Waals surface area contributed by atoms with Gasteiger partial charge in [-0.15, -0.1) is 0 Å². The van der Waals surface area contributed by atoms with Crippen molar-refractivity contribution in [1.82, 2.24) is 29.5 Å². The van der Waals surface area contributed by atoms with Crippen LogP contribution >= 0.6 is 11.6 Å². The smallest absolute Gasteiger partial charge is 0.244 e. The molecule has 0 spiro atoms. The largest absolute Gasteiger partial charge is 0.322 e. The Balaban J connectivity index is 1.29. The lowest BCUT2D eigenvalue weighted by Gasteiger charge is -2.32. The highest BCUT2D eigenvalue weighted by molar-refractivity contribution is 7.89. The third kappa shape index (κ3) is 5.54. The van der Waals surface area contributed by atoms with E-state index in [9.17, 15) is 8.42 Å². The Hall–Kier alpha value is -3.41. The Labute approximate surface area is 225 Å². The molecule has 2 N–H and O–H groups in total. The van der Waals surface area contributed by atoms with E-state index in [0.717, 1.165) is 16.8 Å². The summed E-state index contributed by atoms with van der Waals surface area (Å²) in [5.41, 5.74) is 3.22. The predicted molar refractivity (Wildman–Crippen MR) is 143 cm³/mol. The molecule has 0 bridgehead atoms. The van der Waals surface area contributed by atoms with Gasteiger partial charge in [-0.1, -0.05) is 17.7 Å². The SMILES string of the molecule is Cc1cc(Nc2nc(Cc3cc(C)c(C4CCN(S(=O)(=O)c5cccnc5)CC4)cc3F)ncc2Cl)n[nH]1. The van der Waals surface area contributed by atoms with Crippen molar-refractivity contribution in [2.45, 2.75) is 43.9 Å². The summed E-state index contributed by atoms with van der Waals surface area (Å²) >= 11 is 6.25. The minimum Gasteiger partial charge on any atom is -0.322 e. The lowest BCUT2D eigenvalue weighted by molar-refractivity contribution is 0.318. The van der Waals surface area contributed by atoms with Gasteiger partial charge in [-0.2, -0.15) is 9.40 Å². The Bertz CT molecular complexity index is 1560. The van der Waals surface area contributed by atoms with E-state index in [2.05, 4.69) is 30.5 Å². The first-order valence-electron chi connectivity index (χ1n) is 12.2. The summed E-state index contributed by atoms with van der Waals surface area (Å²) in [7, 11) is -3.59. The lowest BCUT2D eigenvalue weighted by Crippen LogP contribution is -2.38. The number of piperidine rings is 1. The first kappa shape index (κ1) is 26.2. The highest BCUT2D eigenvalue weighted by Gasteiger charge is 2.31. The van der Waals surface area contributed by atoms with Crippen LogP contribution in [-0.4, -0.2) is 51.0 Å². The standard InChI is InChI=1S/C26H27ClFN7O2S/c1-16-10-19(12-24-30-15-22(27)26(31-24)32-25-11-17(2)33-34-25)23(28)13-21(16)18-5-8-35(9-6-18)38(36,37)20-4-3-7-29-14-20/h3-4,7,10-11,13-15,18H,5-6,8-9,12H2,1-2H3,(H2,30,31,32,33,34).